The van der Waals surface area contributed by atoms with Crippen molar-refractivity contribution in [2.45, 2.75) is 44.6 Å². The van der Waals surface area contributed by atoms with Crippen molar-refractivity contribution in [2.24, 2.45) is 5.92 Å². The number of β-amino-alcohol motifs (C(OH)–C–C–N with tert-alkyl or cyclic N) is 1. The number of amides is 1. The SMILES string of the molecule is Cc1cc(Cl)cc(-c2ccnc3cc(CC4C(=O)NCC4O)sc23)c1OC1CCCNC1.O=C(O)C(F)(F)F. The van der Waals surface area contributed by atoms with Crippen LogP contribution in [0.5, 0.6) is 5.75 Å². The van der Waals surface area contributed by atoms with Gasteiger partial charge in [-0.15, -0.1) is 11.3 Å². The molecule has 3 aromatic rings. The van der Waals surface area contributed by atoms with E-state index in [1.165, 1.54) is 0 Å². The van der Waals surface area contributed by atoms with Crippen LogP contribution in [0.15, 0.2) is 30.5 Å². The maximum atomic E-state index is 12.1. The zero-order chi connectivity index (χ0) is 28.3. The van der Waals surface area contributed by atoms with Crippen LogP contribution in [0.1, 0.15) is 23.3 Å². The van der Waals surface area contributed by atoms with Gasteiger partial charge in [0, 0.05) is 40.3 Å². The number of nitrogens with zero attached hydrogens (tertiary/aromatic N) is 1. The maximum absolute atomic E-state index is 12.1. The fourth-order valence-corrected chi connectivity index (χ4v) is 6.04. The first kappa shape index (κ1) is 29.1. The molecule has 4 N–H and O–H groups in total. The van der Waals surface area contributed by atoms with E-state index in [0.29, 0.717) is 18.0 Å². The number of aromatic nitrogens is 1. The summed E-state index contributed by atoms with van der Waals surface area (Å²) < 4.78 is 39.3. The van der Waals surface area contributed by atoms with E-state index in [0.717, 1.165) is 63.5 Å². The highest BCUT2D eigenvalue weighted by Gasteiger charge is 2.38. The first-order valence-corrected chi connectivity index (χ1v) is 13.4. The van der Waals surface area contributed by atoms with Gasteiger partial charge in [0.2, 0.25) is 5.91 Å². The number of alkyl halides is 3. The monoisotopic (exact) mass is 585 g/mol. The second-order valence-electron chi connectivity index (χ2n) is 9.40. The number of pyridine rings is 1. The van der Waals surface area contributed by atoms with Gasteiger partial charge < -0.3 is 25.6 Å². The van der Waals surface area contributed by atoms with Gasteiger partial charge in [0.05, 0.1) is 22.2 Å². The summed E-state index contributed by atoms with van der Waals surface area (Å²) >= 11 is 8.08. The van der Waals surface area contributed by atoms with E-state index in [1.54, 1.807) is 17.5 Å². The number of hydrogen-bond acceptors (Lipinski definition) is 7. The predicted octanol–water partition coefficient (Wildman–Crippen LogP) is 4.34. The number of benzene rings is 1. The van der Waals surface area contributed by atoms with Crippen LogP contribution >= 0.6 is 22.9 Å². The minimum Gasteiger partial charge on any atom is -0.488 e. The Labute approximate surface area is 231 Å². The van der Waals surface area contributed by atoms with Gasteiger partial charge >= 0.3 is 12.1 Å². The molecule has 1 amide bonds. The van der Waals surface area contributed by atoms with Gasteiger partial charge in [-0.05, 0) is 62.6 Å². The molecule has 2 aromatic heterocycles. The lowest BCUT2D eigenvalue weighted by Crippen LogP contribution is -2.37. The van der Waals surface area contributed by atoms with Crippen molar-refractivity contribution in [3.63, 3.8) is 0 Å². The number of carboxylic acids is 1. The average molecular weight is 586 g/mol. The van der Waals surface area contributed by atoms with Crippen molar-refractivity contribution in [3.05, 3.63) is 45.9 Å². The number of rotatable bonds is 5. The molecule has 0 radical (unpaired) electrons. The molecule has 5 rings (SSSR count). The number of fused-ring (bicyclic) bond motifs is 1. The highest BCUT2D eigenvalue weighted by atomic mass is 35.5. The van der Waals surface area contributed by atoms with Gasteiger partial charge in [0.25, 0.3) is 0 Å². The molecule has 39 heavy (non-hydrogen) atoms. The summed E-state index contributed by atoms with van der Waals surface area (Å²) in [4.78, 5) is 26.6. The van der Waals surface area contributed by atoms with Gasteiger partial charge in [0.15, 0.2) is 0 Å². The first-order valence-electron chi connectivity index (χ1n) is 12.2. The van der Waals surface area contributed by atoms with Crippen LogP contribution in [0.4, 0.5) is 13.2 Å². The summed E-state index contributed by atoms with van der Waals surface area (Å²) in [6, 6.07) is 7.92. The normalized spacial score (nSPS) is 21.3. The Balaban J connectivity index is 0.000000448. The van der Waals surface area contributed by atoms with Crippen LogP contribution in [-0.4, -0.2) is 65.1 Å². The molecule has 2 fully saturated rings. The van der Waals surface area contributed by atoms with Crippen molar-refractivity contribution in [1.29, 1.82) is 0 Å². The molecule has 2 aliphatic rings. The van der Waals surface area contributed by atoms with Crippen LogP contribution < -0.4 is 15.4 Å². The van der Waals surface area contributed by atoms with Crippen molar-refractivity contribution >= 4 is 45.0 Å². The molecule has 8 nitrogen and oxygen atoms in total. The molecule has 0 spiro atoms. The Morgan fingerprint density at radius 3 is 2.62 bits per heavy atom. The Morgan fingerprint density at radius 2 is 2.00 bits per heavy atom. The second kappa shape index (κ2) is 12.1. The number of nitrogens with one attached hydrogen (secondary N) is 2. The molecule has 1 aromatic carbocycles. The van der Waals surface area contributed by atoms with Crippen molar-refractivity contribution in [2.75, 3.05) is 19.6 Å². The Kier molecular flexibility index (Phi) is 9.00. The standard InChI is InChI=1S/C24H26ClN3O3S.C2HF3O2/c1-13-7-14(25)8-18(22(13)31-15-3-2-5-26-11-15)17-4-6-27-20-10-16(32-23(17)20)9-19-21(29)12-28-24(19)30;3-2(4,5)1(6)7/h4,6-8,10,15,19,21,26,29H,2-3,5,9,11-12H2,1H3,(H,28,30);(H,6,7). The number of piperidine rings is 1. The molecule has 0 aliphatic carbocycles. The lowest BCUT2D eigenvalue weighted by Gasteiger charge is -2.26. The molecule has 210 valence electrons. The number of halogens is 4. The van der Waals surface area contributed by atoms with Crippen LogP contribution in [0.2, 0.25) is 5.02 Å². The van der Waals surface area contributed by atoms with Crippen LogP contribution in [0, 0.1) is 12.8 Å². The van der Waals surface area contributed by atoms with Gasteiger partial charge in [-0.3, -0.25) is 9.78 Å². The molecule has 4 heterocycles. The Hall–Kier alpha value is -2.93. The van der Waals surface area contributed by atoms with Crippen LogP contribution in [-0.2, 0) is 16.0 Å². The number of aliphatic hydroxyl groups excluding tert-OH is 1. The van der Waals surface area contributed by atoms with Gasteiger partial charge in [0.1, 0.15) is 11.9 Å². The number of hydrogen-bond donors (Lipinski definition) is 4. The topological polar surface area (TPSA) is 121 Å². The number of ether oxygens (including phenoxy) is 1. The third kappa shape index (κ3) is 6.99. The Morgan fingerprint density at radius 1 is 1.26 bits per heavy atom. The maximum Gasteiger partial charge on any atom is 0.490 e. The van der Waals surface area contributed by atoms with Crippen molar-refractivity contribution < 1.29 is 37.7 Å². The summed E-state index contributed by atoms with van der Waals surface area (Å²) in [6.45, 7) is 4.21. The van der Waals surface area contributed by atoms with E-state index < -0.39 is 24.2 Å². The molecular weight excluding hydrogens is 559 g/mol. The highest BCUT2D eigenvalue weighted by molar-refractivity contribution is 7.19. The fraction of sp³-hybridized carbons (Fsp3) is 0.423. The van der Waals surface area contributed by atoms with Crippen molar-refractivity contribution in [1.82, 2.24) is 15.6 Å². The van der Waals surface area contributed by atoms with Gasteiger partial charge in [-0.2, -0.15) is 13.2 Å². The minimum absolute atomic E-state index is 0.0922. The van der Waals surface area contributed by atoms with Crippen LogP contribution in [0.3, 0.4) is 0 Å². The van der Waals surface area contributed by atoms with E-state index in [-0.39, 0.29) is 12.0 Å². The largest absolute Gasteiger partial charge is 0.490 e. The summed E-state index contributed by atoms with van der Waals surface area (Å²) in [5.74, 6) is -2.41. The van der Waals surface area contributed by atoms with Gasteiger partial charge in [-0.1, -0.05) is 11.6 Å². The van der Waals surface area contributed by atoms with Crippen LogP contribution in [0.25, 0.3) is 21.3 Å². The van der Waals surface area contributed by atoms with E-state index in [1.807, 2.05) is 31.2 Å². The Bertz CT molecular complexity index is 1360. The average Bonchev–Trinajstić information content (AvgIpc) is 3.44. The fourth-order valence-electron chi connectivity index (χ4n) is 4.57. The predicted molar refractivity (Wildman–Crippen MR) is 141 cm³/mol. The third-order valence-corrected chi connectivity index (χ3v) is 7.88. The lowest BCUT2D eigenvalue weighted by atomic mass is 10.00. The molecule has 0 bridgehead atoms. The van der Waals surface area contributed by atoms with Gasteiger partial charge in [-0.25, -0.2) is 4.79 Å². The third-order valence-electron chi connectivity index (χ3n) is 6.48. The first-order chi connectivity index (χ1) is 18.4. The summed E-state index contributed by atoms with van der Waals surface area (Å²) in [7, 11) is 0. The molecule has 3 unspecified atom stereocenters. The highest BCUT2D eigenvalue weighted by Crippen LogP contribution is 2.42. The quantitative estimate of drug-likeness (QED) is 0.352. The number of carbonyl (C=O) groups is 2. The molecule has 3 atom stereocenters. The molecule has 2 saturated heterocycles. The molecular formula is C26H27ClF3N3O5S. The second-order valence-corrected chi connectivity index (χ2v) is 11.0. The number of carbonyl (C=O) groups excluding carboxylic acids is 1. The number of carboxylic acid groups (broad SMARTS) is 1. The number of thiophene rings is 1. The minimum atomic E-state index is -5.08. The number of aliphatic carboxylic acids is 1. The van der Waals surface area contributed by atoms with Crippen molar-refractivity contribution in [3.8, 4) is 16.9 Å². The summed E-state index contributed by atoms with van der Waals surface area (Å²) in [5, 5.41) is 24.1. The van der Waals surface area contributed by atoms with E-state index >= 15 is 0 Å². The van der Waals surface area contributed by atoms with E-state index in [4.69, 9.17) is 26.2 Å². The zero-order valence-corrected chi connectivity index (χ0v) is 22.4. The lowest BCUT2D eigenvalue weighted by molar-refractivity contribution is -0.192. The molecule has 13 heteroatoms. The summed E-state index contributed by atoms with van der Waals surface area (Å²) in [6.07, 6.45) is -1.19. The van der Waals surface area contributed by atoms with E-state index in [2.05, 4.69) is 15.6 Å². The summed E-state index contributed by atoms with van der Waals surface area (Å²) in [5.41, 5.74) is 3.86. The molecule has 0 saturated carbocycles. The zero-order valence-electron chi connectivity index (χ0n) is 20.8. The number of aliphatic hydroxyl groups is 1. The number of aryl methyl sites for hydroxylation is 1. The molecule has 2 aliphatic heterocycles. The van der Waals surface area contributed by atoms with E-state index in [9.17, 15) is 23.1 Å². The smallest absolute Gasteiger partial charge is 0.488 e.